The van der Waals surface area contributed by atoms with E-state index in [-0.39, 0.29) is 22.8 Å². The predicted molar refractivity (Wildman–Crippen MR) is 103 cm³/mol. The first-order valence-corrected chi connectivity index (χ1v) is 8.96. The Balaban J connectivity index is 1.79. The maximum absolute atomic E-state index is 12.2. The summed E-state index contributed by atoms with van der Waals surface area (Å²) in [7, 11) is 1.59. The van der Waals surface area contributed by atoms with Gasteiger partial charge < -0.3 is 15.4 Å². The summed E-state index contributed by atoms with van der Waals surface area (Å²) in [4.78, 5) is 24.2. The zero-order chi connectivity index (χ0) is 18.2. The van der Waals surface area contributed by atoms with Crippen LogP contribution in [0.3, 0.4) is 0 Å². The second-order valence-corrected chi connectivity index (χ2v) is 6.92. The second-order valence-electron chi connectivity index (χ2n) is 5.59. The minimum Gasteiger partial charge on any atom is -0.497 e. The number of anilines is 2. The number of amides is 2. The number of aryl methyl sites for hydroxylation is 1. The topological polar surface area (TPSA) is 67.4 Å². The first-order valence-electron chi connectivity index (χ1n) is 7.91. The van der Waals surface area contributed by atoms with Crippen LogP contribution in [-0.2, 0) is 9.59 Å². The van der Waals surface area contributed by atoms with Gasteiger partial charge in [-0.15, -0.1) is 11.8 Å². The Morgan fingerprint density at radius 1 is 1.08 bits per heavy atom. The number of methoxy groups -OCH3 is 1. The Kier molecular flexibility index (Phi) is 6.89. The minimum atomic E-state index is -0.342. The van der Waals surface area contributed by atoms with Crippen molar-refractivity contribution >= 4 is 35.0 Å². The lowest BCUT2D eigenvalue weighted by atomic mass is 10.2. The smallest absolute Gasteiger partial charge is 0.237 e. The molecule has 1 atom stereocenters. The van der Waals surface area contributed by atoms with E-state index >= 15 is 0 Å². The number of rotatable bonds is 7. The van der Waals surface area contributed by atoms with Crippen LogP contribution in [0.1, 0.15) is 12.5 Å². The van der Waals surface area contributed by atoms with Gasteiger partial charge in [-0.1, -0.05) is 12.1 Å². The van der Waals surface area contributed by atoms with E-state index in [1.165, 1.54) is 11.8 Å². The molecule has 0 aliphatic rings. The van der Waals surface area contributed by atoms with Crippen molar-refractivity contribution in [2.45, 2.75) is 19.1 Å². The quantitative estimate of drug-likeness (QED) is 0.792. The van der Waals surface area contributed by atoms with Gasteiger partial charge in [0.1, 0.15) is 5.75 Å². The van der Waals surface area contributed by atoms with Crippen LogP contribution >= 0.6 is 11.8 Å². The number of carbonyl (C=O) groups excluding carboxylic acids is 2. The summed E-state index contributed by atoms with van der Waals surface area (Å²) in [5.41, 5.74) is 2.54. The summed E-state index contributed by atoms with van der Waals surface area (Å²) >= 11 is 1.29. The van der Waals surface area contributed by atoms with Crippen molar-refractivity contribution in [2.75, 3.05) is 23.5 Å². The number of carbonyl (C=O) groups is 2. The van der Waals surface area contributed by atoms with Crippen molar-refractivity contribution in [3.05, 3.63) is 54.1 Å². The first kappa shape index (κ1) is 18.9. The molecule has 2 amide bonds. The Bertz CT molecular complexity index is 732. The lowest BCUT2D eigenvalue weighted by molar-refractivity contribution is -0.115. The Labute approximate surface area is 152 Å². The summed E-state index contributed by atoms with van der Waals surface area (Å²) in [5.74, 6) is 0.678. The molecular formula is C19H22N2O3S. The van der Waals surface area contributed by atoms with Gasteiger partial charge in [0.2, 0.25) is 11.8 Å². The molecule has 0 saturated heterocycles. The van der Waals surface area contributed by atoms with Crippen molar-refractivity contribution in [2.24, 2.45) is 0 Å². The number of ether oxygens (including phenoxy) is 1. The maximum atomic E-state index is 12.2. The Hall–Kier alpha value is -2.47. The molecule has 2 aromatic carbocycles. The molecule has 5 nitrogen and oxygen atoms in total. The van der Waals surface area contributed by atoms with Gasteiger partial charge in [-0.05, 0) is 55.8 Å². The van der Waals surface area contributed by atoms with Gasteiger partial charge in [0, 0.05) is 11.4 Å². The first-order chi connectivity index (χ1) is 12.0. The molecule has 0 saturated carbocycles. The van der Waals surface area contributed by atoms with E-state index in [0.717, 1.165) is 17.0 Å². The molecule has 0 fully saturated rings. The third kappa shape index (κ3) is 6.15. The fraction of sp³-hybridized carbons (Fsp3) is 0.263. The van der Waals surface area contributed by atoms with Crippen molar-refractivity contribution in [3.63, 3.8) is 0 Å². The highest BCUT2D eigenvalue weighted by Crippen LogP contribution is 2.18. The van der Waals surface area contributed by atoms with E-state index < -0.39 is 0 Å². The van der Waals surface area contributed by atoms with Gasteiger partial charge in [0.05, 0.1) is 18.1 Å². The molecule has 0 aliphatic carbocycles. The van der Waals surface area contributed by atoms with Crippen LogP contribution in [0.4, 0.5) is 11.4 Å². The summed E-state index contributed by atoms with van der Waals surface area (Å²) in [6.07, 6.45) is 0. The molecule has 0 bridgehead atoms. The van der Waals surface area contributed by atoms with Gasteiger partial charge in [-0.2, -0.15) is 0 Å². The fourth-order valence-corrected chi connectivity index (χ4v) is 2.80. The lowest BCUT2D eigenvalue weighted by Gasteiger charge is -2.12. The summed E-state index contributed by atoms with van der Waals surface area (Å²) in [5, 5.41) is 5.32. The fourth-order valence-electron chi connectivity index (χ4n) is 2.11. The number of hydrogen-bond donors (Lipinski definition) is 2. The molecule has 2 rings (SSSR count). The highest BCUT2D eigenvalue weighted by Gasteiger charge is 2.15. The molecule has 2 N–H and O–H groups in total. The molecule has 0 unspecified atom stereocenters. The third-order valence-electron chi connectivity index (χ3n) is 3.49. The zero-order valence-electron chi connectivity index (χ0n) is 14.5. The zero-order valence-corrected chi connectivity index (χ0v) is 15.4. The molecular weight excluding hydrogens is 336 g/mol. The largest absolute Gasteiger partial charge is 0.497 e. The van der Waals surface area contributed by atoms with Crippen molar-refractivity contribution in [3.8, 4) is 5.75 Å². The minimum absolute atomic E-state index is 0.125. The van der Waals surface area contributed by atoms with Crippen LogP contribution in [0.2, 0.25) is 0 Å². The van der Waals surface area contributed by atoms with Gasteiger partial charge >= 0.3 is 0 Å². The van der Waals surface area contributed by atoms with E-state index in [9.17, 15) is 9.59 Å². The van der Waals surface area contributed by atoms with E-state index in [2.05, 4.69) is 10.6 Å². The lowest BCUT2D eigenvalue weighted by Crippen LogP contribution is -2.25. The van der Waals surface area contributed by atoms with Crippen LogP contribution in [-0.4, -0.2) is 29.9 Å². The van der Waals surface area contributed by atoms with Crippen LogP contribution in [0, 0.1) is 6.92 Å². The third-order valence-corrected chi connectivity index (χ3v) is 4.64. The molecule has 0 heterocycles. The van der Waals surface area contributed by atoms with Gasteiger partial charge in [-0.3, -0.25) is 9.59 Å². The average molecular weight is 358 g/mol. The predicted octanol–water partition coefficient (Wildman–Crippen LogP) is 3.70. The van der Waals surface area contributed by atoms with E-state index in [0.29, 0.717) is 5.69 Å². The second kappa shape index (κ2) is 9.13. The van der Waals surface area contributed by atoms with Crippen molar-refractivity contribution < 1.29 is 14.3 Å². The Morgan fingerprint density at radius 3 is 2.44 bits per heavy atom. The monoisotopic (exact) mass is 358 g/mol. The van der Waals surface area contributed by atoms with Crippen LogP contribution in [0.15, 0.2) is 48.5 Å². The van der Waals surface area contributed by atoms with Crippen molar-refractivity contribution in [1.82, 2.24) is 0 Å². The molecule has 0 aliphatic heterocycles. The summed E-state index contributed by atoms with van der Waals surface area (Å²) in [6.45, 7) is 3.75. The highest BCUT2D eigenvalue weighted by atomic mass is 32.2. The summed E-state index contributed by atoms with van der Waals surface area (Å²) < 4.78 is 5.08. The molecule has 0 spiro atoms. The van der Waals surface area contributed by atoms with E-state index in [1.807, 2.05) is 31.2 Å². The number of thioether (sulfide) groups is 1. The van der Waals surface area contributed by atoms with Gasteiger partial charge in [0.15, 0.2) is 0 Å². The average Bonchev–Trinajstić information content (AvgIpc) is 2.60. The standard InChI is InChI=1S/C19H22N2O3S/c1-13-5-4-6-16(11-13)20-18(22)12-25-14(2)19(23)21-15-7-9-17(24-3)10-8-15/h4-11,14H,12H2,1-3H3,(H,20,22)(H,21,23)/t14-/m1/s1. The molecule has 25 heavy (non-hydrogen) atoms. The SMILES string of the molecule is COc1ccc(NC(=O)[C@@H](C)SCC(=O)Nc2cccc(C)c2)cc1. The number of benzene rings is 2. The molecule has 132 valence electrons. The van der Waals surface area contributed by atoms with Gasteiger partial charge in [0.25, 0.3) is 0 Å². The number of hydrogen-bond acceptors (Lipinski definition) is 4. The molecule has 2 aromatic rings. The molecule has 0 radical (unpaired) electrons. The number of nitrogens with one attached hydrogen (secondary N) is 2. The Morgan fingerprint density at radius 2 is 1.80 bits per heavy atom. The van der Waals surface area contributed by atoms with Crippen molar-refractivity contribution in [1.29, 1.82) is 0 Å². The van der Waals surface area contributed by atoms with E-state index in [4.69, 9.17) is 4.74 Å². The van der Waals surface area contributed by atoms with E-state index in [1.54, 1.807) is 38.3 Å². The van der Waals surface area contributed by atoms with Crippen LogP contribution in [0.5, 0.6) is 5.75 Å². The van der Waals surface area contributed by atoms with Crippen LogP contribution < -0.4 is 15.4 Å². The molecule has 0 aromatic heterocycles. The highest BCUT2D eigenvalue weighted by molar-refractivity contribution is 8.01. The van der Waals surface area contributed by atoms with Gasteiger partial charge in [-0.25, -0.2) is 0 Å². The normalized spacial score (nSPS) is 11.5. The molecule has 6 heteroatoms. The summed E-state index contributed by atoms with van der Waals surface area (Å²) in [6, 6.07) is 14.7. The maximum Gasteiger partial charge on any atom is 0.237 e. The van der Waals surface area contributed by atoms with Crippen LogP contribution in [0.25, 0.3) is 0 Å².